The van der Waals surface area contributed by atoms with Crippen LogP contribution in [0.2, 0.25) is 0 Å². The molecule has 0 bridgehead atoms. The Morgan fingerprint density at radius 3 is 2.60 bits per heavy atom. The van der Waals surface area contributed by atoms with Gasteiger partial charge in [0.05, 0.1) is 0 Å². The number of rotatable bonds is 2. The monoisotopic (exact) mass is 197 g/mol. The van der Waals surface area contributed by atoms with Gasteiger partial charge in [0.2, 0.25) is 0 Å². The van der Waals surface area contributed by atoms with Crippen LogP contribution in [0.4, 0.5) is 0 Å². The van der Waals surface area contributed by atoms with E-state index in [0.29, 0.717) is 0 Å². The molecule has 0 amide bonds. The van der Waals surface area contributed by atoms with Crippen LogP contribution in [0.25, 0.3) is 0 Å². The van der Waals surface area contributed by atoms with E-state index >= 15 is 0 Å². The molecule has 0 fully saturated rings. The molecule has 1 aromatic rings. The molecule has 1 rings (SSSR count). The van der Waals surface area contributed by atoms with Crippen LogP contribution in [0.3, 0.4) is 0 Å². The normalized spacial score (nSPS) is 9.40. The Kier molecular flexibility index (Phi) is 2.77. The maximum atomic E-state index is 8.77. The SMILES string of the molecule is OCc1ccccc1[O][Ge]. The molecule has 0 aliphatic rings. The van der Waals surface area contributed by atoms with Gasteiger partial charge >= 0.3 is 67.9 Å². The quantitative estimate of drug-likeness (QED) is 0.703. The summed E-state index contributed by atoms with van der Waals surface area (Å²) < 4.78 is 4.98. The van der Waals surface area contributed by atoms with Gasteiger partial charge in [-0.3, -0.25) is 0 Å². The summed E-state index contributed by atoms with van der Waals surface area (Å²) in [5.74, 6) is 0.741. The van der Waals surface area contributed by atoms with Gasteiger partial charge in [-0.1, -0.05) is 0 Å². The van der Waals surface area contributed by atoms with Gasteiger partial charge in [-0.05, 0) is 0 Å². The number of benzene rings is 1. The van der Waals surface area contributed by atoms with Crippen molar-refractivity contribution >= 4 is 16.9 Å². The molecule has 0 aliphatic heterocycles. The third kappa shape index (κ3) is 1.52. The molecule has 0 aliphatic carbocycles. The third-order valence-electron chi connectivity index (χ3n) is 1.25. The Labute approximate surface area is 68.4 Å². The Morgan fingerprint density at radius 1 is 1.40 bits per heavy atom. The van der Waals surface area contributed by atoms with Crippen molar-refractivity contribution in [2.75, 3.05) is 0 Å². The summed E-state index contributed by atoms with van der Waals surface area (Å²) >= 11 is 1.59. The van der Waals surface area contributed by atoms with Gasteiger partial charge in [0.25, 0.3) is 0 Å². The van der Waals surface area contributed by atoms with E-state index in [1.165, 1.54) is 0 Å². The van der Waals surface area contributed by atoms with E-state index in [9.17, 15) is 0 Å². The number of para-hydroxylation sites is 1. The van der Waals surface area contributed by atoms with Crippen LogP contribution in [0.1, 0.15) is 5.56 Å². The van der Waals surface area contributed by atoms with E-state index in [-0.39, 0.29) is 6.61 Å². The van der Waals surface area contributed by atoms with Crippen molar-refractivity contribution in [2.24, 2.45) is 0 Å². The van der Waals surface area contributed by atoms with Crippen molar-refractivity contribution < 1.29 is 8.87 Å². The van der Waals surface area contributed by atoms with Crippen LogP contribution >= 0.6 is 0 Å². The summed E-state index contributed by atoms with van der Waals surface area (Å²) in [6, 6.07) is 7.40. The number of aliphatic hydroxyl groups excluding tert-OH is 1. The van der Waals surface area contributed by atoms with Gasteiger partial charge < -0.3 is 0 Å². The Bertz CT molecular complexity index is 190. The van der Waals surface area contributed by atoms with E-state index < -0.39 is 0 Å². The summed E-state index contributed by atoms with van der Waals surface area (Å²) in [5.41, 5.74) is 0.824. The van der Waals surface area contributed by atoms with Crippen molar-refractivity contribution in [3.8, 4) is 5.75 Å². The van der Waals surface area contributed by atoms with Gasteiger partial charge in [0, 0.05) is 0 Å². The molecular formula is C7H7GeO2. The molecular weight excluding hydrogens is 189 g/mol. The van der Waals surface area contributed by atoms with Gasteiger partial charge in [-0.2, -0.15) is 0 Å². The molecule has 51 valence electrons. The molecule has 0 saturated carbocycles. The van der Waals surface area contributed by atoms with Crippen molar-refractivity contribution in [2.45, 2.75) is 6.61 Å². The second-order valence-electron chi connectivity index (χ2n) is 1.87. The van der Waals surface area contributed by atoms with E-state index in [1.807, 2.05) is 24.3 Å². The van der Waals surface area contributed by atoms with Crippen molar-refractivity contribution in [3.63, 3.8) is 0 Å². The fourth-order valence-corrected chi connectivity index (χ4v) is 1.15. The second kappa shape index (κ2) is 3.63. The molecule has 0 saturated heterocycles. The zero-order valence-corrected chi connectivity index (χ0v) is 7.47. The predicted octanol–water partition coefficient (Wildman–Crippen LogP) is 0.641. The first-order chi connectivity index (χ1) is 4.88. The first-order valence-electron chi connectivity index (χ1n) is 2.91. The number of hydrogen-bond acceptors (Lipinski definition) is 2. The summed E-state index contributed by atoms with van der Waals surface area (Å²) in [5, 5.41) is 8.77. The molecule has 0 unspecified atom stereocenters. The first-order valence-corrected chi connectivity index (χ1v) is 3.76. The van der Waals surface area contributed by atoms with E-state index in [0.717, 1.165) is 11.3 Å². The molecule has 0 spiro atoms. The molecule has 3 radical (unpaired) electrons. The molecule has 10 heavy (non-hydrogen) atoms. The van der Waals surface area contributed by atoms with E-state index in [4.69, 9.17) is 8.87 Å². The van der Waals surface area contributed by atoms with Crippen LogP contribution in [-0.4, -0.2) is 22.0 Å². The number of aliphatic hydroxyl groups is 1. The maximum absolute atomic E-state index is 8.77. The first kappa shape index (κ1) is 7.63. The summed E-state index contributed by atoms with van der Waals surface area (Å²) in [4.78, 5) is 0. The molecule has 3 heteroatoms. The average Bonchev–Trinajstić information content (AvgIpc) is 2.04. The number of hydrogen-bond donors (Lipinski definition) is 1. The minimum absolute atomic E-state index is 0.0318. The zero-order chi connectivity index (χ0) is 7.40. The van der Waals surface area contributed by atoms with Crippen LogP contribution in [-0.2, 0) is 6.61 Å². The summed E-state index contributed by atoms with van der Waals surface area (Å²) in [6.45, 7) is 0.0318. The molecule has 1 N–H and O–H groups in total. The molecule has 0 aromatic heterocycles. The predicted molar refractivity (Wildman–Crippen MR) is 38.7 cm³/mol. The Hall–Kier alpha value is -0.477. The van der Waals surface area contributed by atoms with Gasteiger partial charge in [0.15, 0.2) is 0 Å². The van der Waals surface area contributed by atoms with Gasteiger partial charge in [0.1, 0.15) is 0 Å². The fraction of sp³-hybridized carbons (Fsp3) is 0.143. The van der Waals surface area contributed by atoms with Gasteiger partial charge in [-0.15, -0.1) is 0 Å². The molecule has 2 nitrogen and oxygen atoms in total. The second-order valence-corrected chi connectivity index (χ2v) is 2.30. The average molecular weight is 196 g/mol. The van der Waals surface area contributed by atoms with E-state index in [1.54, 1.807) is 16.9 Å². The zero-order valence-electron chi connectivity index (χ0n) is 5.37. The van der Waals surface area contributed by atoms with Crippen molar-refractivity contribution in [1.29, 1.82) is 0 Å². The summed E-state index contributed by atoms with van der Waals surface area (Å²) in [6.07, 6.45) is 0. The summed E-state index contributed by atoms with van der Waals surface area (Å²) in [7, 11) is 0. The van der Waals surface area contributed by atoms with Gasteiger partial charge in [-0.25, -0.2) is 0 Å². The topological polar surface area (TPSA) is 29.5 Å². The minimum atomic E-state index is 0.0318. The van der Waals surface area contributed by atoms with Crippen LogP contribution < -0.4 is 3.76 Å². The molecule has 0 heterocycles. The molecule has 1 aromatic carbocycles. The Balaban J connectivity index is 2.96. The van der Waals surface area contributed by atoms with Crippen LogP contribution in [0.15, 0.2) is 24.3 Å². The van der Waals surface area contributed by atoms with Crippen LogP contribution in [0.5, 0.6) is 5.75 Å². The fourth-order valence-electron chi connectivity index (χ4n) is 0.734. The van der Waals surface area contributed by atoms with Crippen LogP contribution in [0, 0.1) is 0 Å². The van der Waals surface area contributed by atoms with Crippen molar-refractivity contribution in [1.82, 2.24) is 0 Å². The standard InChI is InChI=1S/C7H7GeO2/c8-10-7-4-2-1-3-6(7)5-9/h1-4,9H,5H2. The van der Waals surface area contributed by atoms with E-state index in [2.05, 4.69) is 0 Å². The van der Waals surface area contributed by atoms with Crippen molar-refractivity contribution in [3.05, 3.63) is 29.8 Å². The Morgan fingerprint density at radius 2 is 2.10 bits per heavy atom. The molecule has 0 atom stereocenters. The third-order valence-corrected chi connectivity index (χ3v) is 1.71.